The third-order valence-electron chi connectivity index (χ3n) is 6.40. The molecule has 1 aliphatic carbocycles. The number of carboxylic acids is 1. The maximum atomic E-state index is 12.8. The number of alkyl carbamates (subject to hydrolysis) is 1. The lowest BCUT2D eigenvalue weighted by molar-refractivity contribution is -0.139. The second kappa shape index (κ2) is 9.42. The number of aliphatic carboxylic acids is 1. The van der Waals surface area contributed by atoms with Gasteiger partial charge in [-0.15, -0.1) is 0 Å². The minimum Gasteiger partial charge on any atom is -0.481 e. The molecular weight excluding hydrogens is 408 g/mol. The number of benzene rings is 2. The van der Waals surface area contributed by atoms with E-state index in [-0.39, 0.29) is 30.9 Å². The number of ether oxygens (including phenoxy) is 1. The SMILES string of the molecule is CC(NC(=O)OCC1c2ccccc2-c2ccccc21)C(=O)N1CCCC1CCC(=O)O. The number of fused-ring (bicyclic) bond motifs is 3. The molecule has 2 N–H and O–H groups in total. The van der Waals surface area contributed by atoms with Crippen LogP contribution in [0, 0.1) is 0 Å². The summed E-state index contributed by atoms with van der Waals surface area (Å²) in [5.74, 6) is -1.11. The van der Waals surface area contributed by atoms with E-state index in [1.165, 1.54) is 0 Å². The summed E-state index contributed by atoms with van der Waals surface area (Å²) in [6, 6.07) is 15.4. The van der Waals surface area contributed by atoms with Crippen LogP contribution in [0.2, 0.25) is 0 Å². The molecule has 0 aromatic heterocycles. The topological polar surface area (TPSA) is 95.9 Å². The number of hydrogen-bond acceptors (Lipinski definition) is 4. The lowest BCUT2D eigenvalue weighted by Gasteiger charge is -2.27. The third-order valence-corrected chi connectivity index (χ3v) is 6.40. The summed E-state index contributed by atoms with van der Waals surface area (Å²) in [4.78, 5) is 37.9. The van der Waals surface area contributed by atoms with Crippen molar-refractivity contribution in [3.05, 3.63) is 59.7 Å². The third kappa shape index (κ3) is 4.47. The van der Waals surface area contributed by atoms with E-state index in [1.54, 1.807) is 11.8 Å². The number of amides is 2. The Morgan fingerprint density at radius 2 is 1.72 bits per heavy atom. The Balaban J connectivity index is 1.34. The zero-order valence-electron chi connectivity index (χ0n) is 18.1. The van der Waals surface area contributed by atoms with E-state index in [0.29, 0.717) is 13.0 Å². The first-order chi connectivity index (χ1) is 15.5. The first-order valence-electron chi connectivity index (χ1n) is 11.1. The van der Waals surface area contributed by atoms with E-state index < -0.39 is 18.1 Å². The molecule has 0 bridgehead atoms. The molecule has 1 heterocycles. The highest BCUT2D eigenvalue weighted by Gasteiger charge is 2.33. The molecule has 0 saturated carbocycles. The van der Waals surface area contributed by atoms with Crippen LogP contribution < -0.4 is 5.32 Å². The summed E-state index contributed by atoms with van der Waals surface area (Å²) in [7, 11) is 0. The molecule has 1 saturated heterocycles. The van der Waals surface area contributed by atoms with Gasteiger partial charge in [0.15, 0.2) is 0 Å². The lowest BCUT2D eigenvalue weighted by Crippen LogP contribution is -2.48. The standard InChI is InChI=1S/C25H28N2O5/c1-16(24(30)27-14-6-7-17(27)12-13-23(28)29)26-25(31)32-15-22-20-10-4-2-8-18(20)19-9-3-5-11-21(19)22/h2-5,8-11,16-17,22H,6-7,12-15H2,1H3,(H,26,31)(H,28,29). The normalized spacial score (nSPS) is 18.0. The molecule has 2 aromatic rings. The lowest BCUT2D eigenvalue weighted by atomic mass is 9.98. The summed E-state index contributed by atoms with van der Waals surface area (Å²) >= 11 is 0. The predicted molar refractivity (Wildman–Crippen MR) is 119 cm³/mol. The summed E-state index contributed by atoms with van der Waals surface area (Å²) in [5, 5.41) is 11.6. The summed E-state index contributed by atoms with van der Waals surface area (Å²) in [5.41, 5.74) is 4.57. The minimum atomic E-state index is -0.867. The van der Waals surface area contributed by atoms with Crippen molar-refractivity contribution in [2.75, 3.05) is 13.2 Å². The van der Waals surface area contributed by atoms with Gasteiger partial charge in [-0.1, -0.05) is 48.5 Å². The Morgan fingerprint density at radius 3 is 2.34 bits per heavy atom. The summed E-state index contributed by atoms with van der Waals surface area (Å²) in [6.07, 6.45) is 1.46. The summed E-state index contributed by atoms with van der Waals surface area (Å²) < 4.78 is 5.53. The fourth-order valence-electron chi connectivity index (χ4n) is 4.84. The molecular formula is C25H28N2O5. The Hall–Kier alpha value is -3.35. The van der Waals surface area contributed by atoms with Crippen molar-refractivity contribution in [3.8, 4) is 11.1 Å². The van der Waals surface area contributed by atoms with Crippen LogP contribution in [0.3, 0.4) is 0 Å². The van der Waals surface area contributed by atoms with Gasteiger partial charge in [0, 0.05) is 24.9 Å². The van der Waals surface area contributed by atoms with Crippen molar-refractivity contribution in [2.24, 2.45) is 0 Å². The minimum absolute atomic E-state index is 0.0304. The number of likely N-dealkylation sites (tertiary alicyclic amines) is 1. The number of carbonyl (C=O) groups excluding carboxylic acids is 2. The largest absolute Gasteiger partial charge is 0.481 e. The maximum absolute atomic E-state index is 12.8. The van der Waals surface area contributed by atoms with E-state index in [1.807, 2.05) is 24.3 Å². The maximum Gasteiger partial charge on any atom is 0.407 e. The van der Waals surface area contributed by atoms with Crippen molar-refractivity contribution in [2.45, 2.75) is 50.6 Å². The zero-order valence-corrected chi connectivity index (χ0v) is 18.1. The molecule has 0 radical (unpaired) electrons. The molecule has 2 atom stereocenters. The second-order valence-electron chi connectivity index (χ2n) is 8.45. The van der Waals surface area contributed by atoms with Crippen molar-refractivity contribution in [3.63, 3.8) is 0 Å². The average Bonchev–Trinajstić information content (AvgIpc) is 3.38. The van der Waals surface area contributed by atoms with Crippen LogP contribution in [0.15, 0.2) is 48.5 Å². The summed E-state index contributed by atoms with van der Waals surface area (Å²) in [6.45, 7) is 2.40. The molecule has 0 spiro atoms. The van der Waals surface area contributed by atoms with Crippen molar-refractivity contribution < 1.29 is 24.2 Å². The highest BCUT2D eigenvalue weighted by Crippen LogP contribution is 2.44. The van der Waals surface area contributed by atoms with E-state index in [4.69, 9.17) is 9.84 Å². The first kappa shape index (κ1) is 21.9. The molecule has 4 rings (SSSR count). The Bertz CT molecular complexity index is 975. The highest BCUT2D eigenvalue weighted by molar-refractivity contribution is 5.86. The van der Waals surface area contributed by atoms with Gasteiger partial charge in [0.1, 0.15) is 12.6 Å². The molecule has 1 fully saturated rings. The number of nitrogens with zero attached hydrogens (tertiary/aromatic N) is 1. The van der Waals surface area contributed by atoms with Gasteiger partial charge in [0.05, 0.1) is 0 Å². The number of rotatable bonds is 7. The molecule has 32 heavy (non-hydrogen) atoms. The fraction of sp³-hybridized carbons (Fsp3) is 0.400. The van der Waals surface area contributed by atoms with Gasteiger partial charge >= 0.3 is 12.1 Å². The zero-order chi connectivity index (χ0) is 22.7. The van der Waals surface area contributed by atoms with E-state index >= 15 is 0 Å². The molecule has 2 aromatic carbocycles. The first-order valence-corrected chi connectivity index (χ1v) is 11.1. The van der Waals surface area contributed by atoms with Crippen LogP contribution >= 0.6 is 0 Å². The molecule has 7 heteroatoms. The van der Waals surface area contributed by atoms with Crippen LogP contribution in [-0.2, 0) is 14.3 Å². The van der Waals surface area contributed by atoms with Crippen molar-refractivity contribution in [1.82, 2.24) is 10.2 Å². The monoisotopic (exact) mass is 436 g/mol. The van der Waals surface area contributed by atoms with Crippen LogP contribution in [0.1, 0.15) is 49.7 Å². The van der Waals surface area contributed by atoms with Gasteiger partial charge in [-0.3, -0.25) is 9.59 Å². The number of carbonyl (C=O) groups is 3. The molecule has 7 nitrogen and oxygen atoms in total. The van der Waals surface area contributed by atoms with E-state index in [2.05, 4.69) is 29.6 Å². The molecule has 2 unspecified atom stereocenters. The quantitative estimate of drug-likeness (QED) is 0.689. The average molecular weight is 437 g/mol. The van der Waals surface area contributed by atoms with Crippen LogP contribution in [-0.4, -0.2) is 53.2 Å². The van der Waals surface area contributed by atoms with Crippen molar-refractivity contribution >= 4 is 18.0 Å². The molecule has 1 aliphatic heterocycles. The Labute approximate surface area is 187 Å². The van der Waals surface area contributed by atoms with Crippen LogP contribution in [0.25, 0.3) is 11.1 Å². The highest BCUT2D eigenvalue weighted by atomic mass is 16.5. The Kier molecular flexibility index (Phi) is 6.44. The van der Waals surface area contributed by atoms with Crippen LogP contribution in [0.4, 0.5) is 4.79 Å². The van der Waals surface area contributed by atoms with Gasteiger partial charge in [-0.2, -0.15) is 0 Å². The molecule has 168 valence electrons. The smallest absolute Gasteiger partial charge is 0.407 e. The van der Waals surface area contributed by atoms with Gasteiger partial charge in [-0.25, -0.2) is 4.79 Å². The van der Waals surface area contributed by atoms with Gasteiger partial charge in [0.25, 0.3) is 0 Å². The predicted octanol–water partition coefficient (Wildman–Crippen LogP) is 3.77. The van der Waals surface area contributed by atoms with Crippen LogP contribution in [0.5, 0.6) is 0 Å². The number of nitrogens with one attached hydrogen (secondary N) is 1. The number of hydrogen-bond donors (Lipinski definition) is 2. The van der Waals surface area contributed by atoms with Gasteiger partial charge in [-0.05, 0) is 48.4 Å². The number of carboxylic acid groups (broad SMARTS) is 1. The van der Waals surface area contributed by atoms with E-state index in [0.717, 1.165) is 35.1 Å². The second-order valence-corrected chi connectivity index (χ2v) is 8.45. The Morgan fingerprint density at radius 1 is 1.09 bits per heavy atom. The molecule has 2 amide bonds. The van der Waals surface area contributed by atoms with Gasteiger partial charge < -0.3 is 20.1 Å². The molecule has 2 aliphatic rings. The fourth-order valence-corrected chi connectivity index (χ4v) is 4.84. The van der Waals surface area contributed by atoms with E-state index in [9.17, 15) is 14.4 Å². The van der Waals surface area contributed by atoms with Gasteiger partial charge in [0.2, 0.25) is 5.91 Å². The van der Waals surface area contributed by atoms with Crippen molar-refractivity contribution in [1.29, 1.82) is 0 Å².